The van der Waals surface area contributed by atoms with Crippen molar-refractivity contribution in [3.63, 3.8) is 0 Å². The predicted molar refractivity (Wildman–Crippen MR) is 78.5 cm³/mol. The van der Waals surface area contributed by atoms with Gasteiger partial charge in [0.25, 0.3) is 0 Å². The molecule has 1 saturated carbocycles. The van der Waals surface area contributed by atoms with E-state index in [4.69, 9.17) is 0 Å². The van der Waals surface area contributed by atoms with Crippen LogP contribution in [-0.2, 0) is 5.54 Å². The number of hydrogen-bond donors (Lipinski definition) is 1. The largest absolute Gasteiger partial charge is 0.573 e. The second kappa shape index (κ2) is 5.32. The molecule has 0 spiro atoms. The van der Waals surface area contributed by atoms with Crippen LogP contribution in [0, 0.1) is 0 Å². The van der Waals surface area contributed by atoms with E-state index in [1.807, 2.05) is 19.2 Å². The van der Waals surface area contributed by atoms with E-state index >= 15 is 0 Å². The Morgan fingerprint density at radius 3 is 2.23 bits per heavy atom. The number of ether oxygens (including phenoxy) is 1. The highest BCUT2D eigenvalue weighted by molar-refractivity contribution is 5.65. The normalized spacial score (nSPS) is 16.4. The lowest BCUT2D eigenvalue weighted by Crippen LogP contribution is -2.24. The van der Waals surface area contributed by atoms with E-state index in [9.17, 15) is 13.2 Å². The number of benzene rings is 2. The molecule has 0 heterocycles. The fourth-order valence-corrected chi connectivity index (χ4v) is 2.65. The van der Waals surface area contributed by atoms with Crippen molar-refractivity contribution in [1.82, 2.24) is 5.32 Å². The van der Waals surface area contributed by atoms with Gasteiger partial charge in [-0.3, -0.25) is 0 Å². The average Bonchev–Trinajstić information content (AvgIpc) is 3.28. The fraction of sp³-hybridized carbons (Fsp3) is 0.294. The van der Waals surface area contributed by atoms with Crippen molar-refractivity contribution in [1.29, 1.82) is 0 Å². The van der Waals surface area contributed by atoms with Gasteiger partial charge in [0.2, 0.25) is 0 Å². The van der Waals surface area contributed by atoms with E-state index in [-0.39, 0.29) is 11.3 Å². The fourth-order valence-electron chi connectivity index (χ4n) is 2.65. The number of hydrogen-bond acceptors (Lipinski definition) is 2. The molecule has 1 aliphatic carbocycles. The van der Waals surface area contributed by atoms with Gasteiger partial charge in [-0.05, 0) is 54.8 Å². The lowest BCUT2D eigenvalue weighted by atomic mass is 9.98. The van der Waals surface area contributed by atoms with Crippen LogP contribution in [0.2, 0.25) is 0 Å². The molecule has 0 saturated heterocycles. The third kappa shape index (κ3) is 3.09. The van der Waals surface area contributed by atoms with Crippen molar-refractivity contribution in [2.24, 2.45) is 0 Å². The Hall–Kier alpha value is -2.01. The molecular weight excluding hydrogens is 291 g/mol. The highest BCUT2D eigenvalue weighted by Crippen LogP contribution is 2.45. The molecule has 0 unspecified atom stereocenters. The van der Waals surface area contributed by atoms with Gasteiger partial charge < -0.3 is 10.1 Å². The van der Waals surface area contributed by atoms with Gasteiger partial charge in [0.05, 0.1) is 0 Å². The zero-order valence-electron chi connectivity index (χ0n) is 12.1. The Labute approximate surface area is 126 Å². The molecule has 1 aliphatic rings. The van der Waals surface area contributed by atoms with Crippen molar-refractivity contribution in [3.05, 3.63) is 54.1 Å². The van der Waals surface area contributed by atoms with Gasteiger partial charge in [-0.1, -0.05) is 30.3 Å². The Bertz CT molecular complexity index is 660. The maximum Gasteiger partial charge on any atom is 0.573 e. The maximum atomic E-state index is 12.2. The average molecular weight is 307 g/mol. The molecule has 1 fully saturated rings. The molecule has 0 amide bonds. The summed E-state index contributed by atoms with van der Waals surface area (Å²) >= 11 is 0. The van der Waals surface area contributed by atoms with Crippen LogP contribution in [0.25, 0.3) is 11.1 Å². The topological polar surface area (TPSA) is 21.3 Å². The van der Waals surface area contributed by atoms with Crippen LogP contribution in [0.1, 0.15) is 18.4 Å². The minimum Gasteiger partial charge on any atom is -0.406 e. The number of rotatable bonds is 4. The van der Waals surface area contributed by atoms with Crippen molar-refractivity contribution in [2.75, 3.05) is 7.05 Å². The number of alkyl halides is 3. The maximum absolute atomic E-state index is 12.2. The first-order chi connectivity index (χ1) is 10.4. The van der Waals surface area contributed by atoms with Gasteiger partial charge in [0.1, 0.15) is 5.75 Å². The smallest absolute Gasteiger partial charge is 0.406 e. The van der Waals surface area contributed by atoms with Crippen LogP contribution in [-0.4, -0.2) is 13.4 Å². The summed E-state index contributed by atoms with van der Waals surface area (Å²) in [5.41, 5.74) is 3.12. The first kappa shape index (κ1) is 14.9. The second-order valence-corrected chi connectivity index (χ2v) is 5.49. The van der Waals surface area contributed by atoms with Crippen LogP contribution in [0.5, 0.6) is 5.75 Å². The minimum atomic E-state index is -4.66. The van der Waals surface area contributed by atoms with Crippen molar-refractivity contribution >= 4 is 0 Å². The molecule has 0 radical (unpaired) electrons. The SMILES string of the molecule is CNC1(c2cccc(-c3ccc(OC(F)(F)F)cc3)c2)CC1. The number of halogens is 3. The van der Waals surface area contributed by atoms with Crippen LogP contribution in [0.15, 0.2) is 48.5 Å². The molecule has 1 N–H and O–H groups in total. The molecule has 116 valence electrons. The first-order valence-corrected chi connectivity index (χ1v) is 7.08. The second-order valence-electron chi connectivity index (χ2n) is 5.49. The Kier molecular flexibility index (Phi) is 3.60. The van der Waals surface area contributed by atoms with Crippen molar-refractivity contribution in [3.8, 4) is 16.9 Å². The first-order valence-electron chi connectivity index (χ1n) is 7.08. The van der Waals surface area contributed by atoms with E-state index in [2.05, 4.69) is 22.2 Å². The molecule has 5 heteroatoms. The van der Waals surface area contributed by atoms with Crippen molar-refractivity contribution < 1.29 is 17.9 Å². The van der Waals surface area contributed by atoms with Gasteiger partial charge in [0, 0.05) is 5.54 Å². The third-order valence-electron chi connectivity index (χ3n) is 4.06. The van der Waals surface area contributed by atoms with E-state index in [0.717, 1.165) is 24.0 Å². The van der Waals surface area contributed by atoms with Gasteiger partial charge in [-0.25, -0.2) is 0 Å². The summed E-state index contributed by atoms with van der Waals surface area (Å²) in [5.74, 6) is -0.207. The van der Waals surface area contributed by atoms with Gasteiger partial charge >= 0.3 is 6.36 Å². The molecule has 0 atom stereocenters. The summed E-state index contributed by atoms with van der Waals surface area (Å²) in [6, 6.07) is 14.0. The van der Waals surface area contributed by atoms with E-state index in [1.54, 1.807) is 12.1 Å². The minimum absolute atomic E-state index is 0.0648. The molecule has 3 rings (SSSR count). The van der Waals surface area contributed by atoms with E-state index < -0.39 is 6.36 Å². The molecule has 0 aromatic heterocycles. The van der Waals surface area contributed by atoms with E-state index in [0.29, 0.717) is 0 Å². The van der Waals surface area contributed by atoms with Gasteiger partial charge in [0.15, 0.2) is 0 Å². The summed E-state index contributed by atoms with van der Waals surface area (Å²) in [7, 11) is 1.95. The van der Waals surface area contributed by atoms with Gasteiger partial charge in [-0.15, -0.1) is 13.2 Å². The summed E-state index contributed by atoms with van der Waals surface area (Å²) in [4.78, 5) is 0. The lowest BCUT2D eigenvalue weighted by molar-refractivity contribution is -0.274. The highest BCUT2D eigenvalue weighted by atomic mass is 19.4. The van der Waals surface area contributed by atoms with Crippen molar-refractivity contribution in [2.45, 2.75) is 24.7 Å². The van der Waals surface area contributed by atoms with Crippen LogP contribution in [0.3, 0.4) is 0 Å². The summed E-state index contributed by atoms with van der Waals surface area (Å²) < 4.78 is 40.4. The van der Waals surface area contributed by atoms with Crippen LogP contribution >= 0.6 is 0 Å². The molecule has 2 aromatic rings. The predicted octanol–water partition coefficient (Wildman–Crippen LogP) is 4.46. The van der Waals surface area contributed by atoms with Gasteiger partial charge in [-0.2, -0.15) is 0 Å². The molecule has 0 aliphatic heterocycles. The summed E-state index contributed by atoms with van der Waals surface area (Å²) in [6.07, 6.45) is -2.46. The summed E-state index contributed by atoms with van der Waals surface area (Å²) in [6.45, 7) is 0. The molecule has 2 aromatic carbocycles. The Balaban J connectivity index is 1.84. The molecule has 0 bridgehead atoms. The number of nitrogens with one attached hydrogen (secondary N) is 1. The standard InChI is InChI=1S/C17H16F3NO/c1-21-16(9-10-16)14-4-2-3-13(11-14)12-5-7-15(8-6-12)22-17(18,19)20/h2-8,11,21H,9-10H2,1H3. The van der Waals surface area contributed by atoms with Crippen LogP contribution < -0.4 is 10.1 Å². The Morgan fingerprint density at radius 2 is 1.68 bits per heavy atom. The van der Waals surface area contributed by atoms with E-state index in [1.165, 1.54) is 17.7 Å². The molecular formula is C17H16F3NO. The monoisotopic (exact) mass is 307 g/mol. The van der Waals surface area contributed by atoms with Crippen LogP contribution in [0.4, 0.5) is 13.2 Å². The highest BCUT2D eigenvalue weighted by Gasteiger charge is 2.42. The Morgan fingerprint density at radius 1 is 1.00 bits per heavy atom. The zero-order valence-corrected chi connectivity index (χ0v) is 12.1. The third-order valence-corrected chi connectivity index (χ3v) is 4.06. The zero-order chi connectivity index (χ0) is 15.8. The lowest BCUT2D eigenvalue weighted by Gasteiger charge is -2.16. The quantitative estimate of drug-likeness (QED) is 0.900. The molecule has 22 heavy (non-hydrogen) atoms. The summed E-state index contributed by atoms with van der Waals surface area (Å²) in [5, 5.41) is 3.34. The molecule has 2 nitrogen and oxygen atoms in total.